The van der Waals surface area contributed by atoms with Gasteiger partial charge in [-0.1, -0.05) is 54.3 Å². The van der Waals surface area contributed by atoms with E-state index < -0.39 is 5.97 Å². The minimum atomic E-state index is -0.411. The summed E-state index contributed by atoms with van der Waals surface area (Å²) in [6, 6.07) is 16.4. The van der Waals surface area contributed by atoms with Gasteiger partial charge in [-0.25, -0.2) is 4.79 Å². The molecule has 3 rings (SSSR count). The van der Waals surface area contributed by atoms with E-state index in [0.717, 1.165) is 11.3 Å². The highest BCUT2D eigenvalue weighted by Gasteiger charge is 2.33. The number of rotatable bonds is 6. The Hall–Kier alpha value is -2.64. The van der Waals surface area contributed by atoms with Gasteiger partial charge in [0, 0.05) is 0 Å². The number of nitrogens with zero attached hydrogens (tertiary/aromatic N) is 1. The Morgan fingerprint density at radius 2 is 1.85 bits per heavy atom. The molecule has 0 unspecified atom stereocenters. The number of carbonyl (C=O) groups excluding carboxylic acids is 2. The quantitative estimate of drug-likeness (QED) is 0.415. The Morgan fingerprint density at radius 1 is 1.15 bits per heavy atom. The number of hydrogen-bond donors (Lipinski definition) is 0. The van der Waals surface area contributed by atoms with Crippen molar-refractivity contribution in [1.82, 2.24) is 0 Å². The second-order valence-electron chi connectivity index (χ2n) is 5.52. The van der Waals surface area contributed by atoms with Crippen LogP contribution in [0.2, 0.25) is 0 Å². The van der Waals surface area contributed by atoms with E-state index in [1.54, 1.807) is 25.1 Å². The Labute approximate surface area is 167 Å². The standard InChI is InChI=1S/C20H17NO4S2/c1-2-24-18(22)13-25-16-10-8-14(9-11-16)12-17-19(23)21(20(26)27-17)15-6-4-3-5-7-15/h3-12H,2,13H2,1H3/b17-12+. The predicted octanol–water partition coefficient (Wildman–Crippen LogP) is 4.03. The summed E-state index contributed by atoms with van der Waals surface area (Å²) >= 11 is 6.63. The first-order valence-electron chi connectivity index (χ1n) is 8.30. The van der Waals surface area contributed by atoms with Gasteiger partial charge >= 0.3 is 5.97 Å². The molecular weight excluding hydrogens is 382 g/mol. The van der Waals surface area contributed by atoms with Gasteiger partial charge in [0.05, 0.1) is 17.2 Å². The summed E-state index contributed by atoms with van der Waals surface area (Å²) in [5, 5.41) is 0. The SMILES string of the molecule is CCOC(=O)COc1ccc(/C=C2/SC(=S)N(c3ccccc3)C2=O)cc1. The maximum Gasteiger partial charge on any atom is 0.344 e. The fraction of sp³-hybridized carbons (Fsp3) is 0.150. The van der Waals surface area contributed by atoms with Gasteiger partial charge in [0.2, 0.25) is 0 Å². The van der Waals surface area contributed by atoms with Crippen LogP contribution in [-0.4, -0.2) is 29.4 Å². The maximum atomic E-state index is 12.7. The lowest BCUT2D eigenvalue weighted by atomic mass is 10.2. The van der Waals surface area contributed by atoms with E-state index in [4.69, 9.17) is 21.7 Å². The second-order valence-corrected chi connectivity index (χ2v) is 7.19. The van der Waals surface area contributed by atoms with Gasteiger partial charge in [-0.15, -0.1) is 0 Å². The molecule has 1 aliphatic heterocycles. The first-order chi connectivity index (χ1) is 13.1. The van der Waals surface area contributed by atoms with Crippen molar-refractivity contribution in [3.8, 4) is 5.75 Å². The summed E-state index contributed by atoms with van der Waals surface area (Å²) < 4.78 is 10.7. The summed E-state index contributed by atoms with van der Waals surface area (Å²) in [6.07, 6.45) is 1.79. The summed E-state index contributed by atoms with van der Waals surface area (Å²) in [6.45, 7) is 1.93. The van der Waals surface area contributed by atoms with Gasteiger partial charge in [-0.05, 0) is 42.8 Å². The van der Waals surface area contributed by atoms with Gasteiger partial charge < -0.3 is 9.47 Å². The number of ether oxygens (including phenoxy) is 2. The van der Waals surface area contributed by atoms with Crippen LogP contribution in [0.25, 0.3) is 6.08 Å². The molecule has 0 spiro atoms. The van der Waals surface area contributed by atoms with Crippen molar-refractivity contribution in [2.24, 2.45) is 0 Å². The average Bonchev–Trinajstić information content (AvgIpc) is 2.95. The van der Waals surface area contributed by atoms with Crippen LogP contribution in [0.4, 0.5) is 5.69 Å². The molecule has 1 aliphatic rings. The third-order valence-corrected chi connectivity index (χ3v) is 4.95. The molecule has 2 aromatic rings. The van der Waals surface area contributed by atoms with Crippen LogP contribution in [0, 0.1) is 0 Å². The van der Waals surface area contributed by atoms with Crippen LogP contribution >= 0.6 is 24.0 Å². The largest absolute Gasteiger partial charge is 0.482 e. The van der Waals surface area contributed by atoms with Crippen molar-refractivity contribution in [2.75, 3.05) is 18.1 Å². The fourth-order valence-electron chi connectivity index (χ4n) is 2.42. The lowest BCUT2D eigenvalue weighted by molar-refractivity contribution is -0.145. The molecule has 5 nitrogen and oxygen atoms in total. The highest BCUT2D eigenvalue weighted by molar-refractivity contribution is 8.27. The molecule has 0 N–H and O–H groups in total. The minimum Gasteiger partial charge on any atom is -0.482 e. The Kier molecular flexibility index (Phi) is 6.26. The minimum absolute atomic E-state index is 0.136. The zero-order valence-electron chi connectivity index (χ0n) is 14.6. The van der Waals surface area contributed by atoms with Crippen molar-refractivity contribution >= 4 is 51.9 Å². The lowest BCUT2D eigenvalue weighted by Crippen LogP contribution is -2.27. The number of benzene rings is 2. The molecule has 138 valence electrons. The van der Waals surface area contributed by atoms with E-state index in [-0.39, 0.29) is 12.5 Å². The molecule has 1 heterocycles. The van der Waals surface area contributed by atoms with Crippen LogP contribution in [0.3, 0.4) is 0 Å². The predicted molar refractivity (Wildman–Crippen MR) is 111 cm³/mol. The van der Waals surface area contributed by atoms with E-state index in [9.17, 15) is 9.59 Å². The van der Waals surface area contributed by atoms with Crippen LogP contribution < -0.4 is 9.64 Å². The molecule has 0 bridgehead atoms. The molecule has 7 heteroatoms. The van der Waals surface area contributed by atoms with Crippen LogP contribution in [0.15, 0.2) is 59.5 Å². The molecule has 0 aliphatic carbocycles. The maximum absolute atomic E-state index is 12.7. The molecule has 0 saturated carbocycles. The van der Waals surface area contributed by atoms with E-state index in [2.05, 4.69) is 0 Å². The van der Waals surface area contributed by atoms with E-state index >= 15 is 0 Å². The average molecular weight is 399 g/mol. The number of carbonyl (C=O) groups is 2. The second kappa shape index (κ2) is 8.83. The number of para-hydroxylation sites is 1. The van der Waals surface area contributed by atoms with Crippen molar-refractivity contribution < 1.29 is 19.1 Å². The third-order valence-electron chi connectivity index (χ3n) is 3.65. The van der Waals surface area contributed by atoms with Gasteiger partial charge in [0.15, 0.2) is 10.9 Å². The van der Waals surface area contributed by atoms with Crippen molar-refractivity contribution in [2.45, 2.75) is 6.92 Å². The zero-order chi connectivity index (χ0) is 19.2. The Balaban J connectivity index is 1.69. The number of esters is 1. The number of amides is 1. The smallest absolute Gasteiger partial charge is 0.344 e. The lowest BCUT2D eigenvalue weighted by Gasteiger charge is -2.13. The monoisotopic (exact) mass is 399 g/mol. The Bertz CT molecular complexity index is 879. The summed E-state index contributed by atoms with van der Waals surface area (Å²) in [5.74, 6) is 0.00189. The van der Waals surface area contributed by atoms with Gasteiger partial charge in [-0.3, -0.25) is 9.69 Å². The van der Waals surface area contributed by atoms with Crippen molar-refractivity contribution in [3.05, 3.63) is 65.1 Å². The zero-order valence-corrected chi connectivity index (χ0v) is 16.2. The van der Waals surface area contributed by atoms with Crippen LogP contribution in [-0.2, 0) is 14.3 Å². The number of thiocarbonyl (C=S) groups is 1. The summed E-state index contributed by atoms with van der Waals surface area (Å²) in [5.41, 5.74) is 1.60. The van der Waals surface area contributed by atoms with Crippen molar-refractivity contribution in [3.63, 3.8) is 0 Å². The van der Waals surface area contributed by atoms with Gasteiger partial charge in [-0.2, -0.15) is 0 Å². The molecular formula is C20H17NO4S2. The first kappa shape index (κ1) is 19.1. The van der Waals surface area contributed by atoms with Gasteiger partial charge in [0.25, 0.3) is 5.91 Å². The Morgan fingerprint density at radius 3 is 2.52 bits per heavy atom. The molecule has 27 heavy (non-hydrogen) atoms. The summed E-state index contributed by atoms with van der Waals surface area (Å²) in [7, 11) is 0. The topological polar surface area (TPSA) is 55.8 Å². The first-order valence-corrected chi connectivity index (χ1v) is 9.52. The van der Waals surface area contributed by atoms with E-state index in [1.165, 1.54) is 16.7 Å². The molecule has 0 atom stereocenters. The van der Waals surface area contributed by atoms with Crippen molar-refractivity contribution in [1.29, 1.82) is 0 Å². The third kappa shape index (κ3) is 4.75. The van der Waals surface area contributed by atoms with Crippen LogP contribution in [0.1, 0.15) is 12.5 Å². The molecule has 1 amide bonds. The summed E-state index contributed by atoms with van der Waals surface area (Å²) in [4.78, 5) is 26.1. The normalized spacial score (nSPS) is 15.3. The number of thioether (sulfide) groups is 1. The molecule has 2 aromatic carbocycles. The number of hydrogen-bond acceptors (Lipinski definition) is 6. The molecule has 0 radical (unpaired) electrons. The van der Waals surface area contributed by atoms with Crippen LogP contribution in [0.5, 0.6) is 5.75 Å². The van der Waals surface area contributed by atoms with Gasteiger partial charge in [0.1, 0.15) is 5.75 Å². The van der Waals surface area contributed by atoms with E-state index in [1.807, 2.05) is 42.5 Å². The highest BCUT2D eigenvalue weighted by Crippen LogP contribution is 2.35. The number of anilines is 1. The molecule has 0 aromatic heterocycles. The molecule has 1 saturated heterocycles. The fourth-order valence-corrected chi connectivity index (χ4v) is 3.72. The highest BCUT2D eigenvalue weighted by atomic mass is 32.2. The van der Waals surface area contributed by atoms with E-state index in [0.29, 0.717) is 21.6 Å². The molecule has 1 fully saturated rings.